The number of rotatable bonds is 10. The van der Waals surface area contributed by atoms with Crippen LogP contribution in [0.5, 0.6) is 0 Å². The van der Waals surface area contributed by atoms with E-state index < -0.39 is 8.32 Å². The van der Waals surface area contributed by atoms with Gasteiger partial charge < -0.3 is 13.9 Å². The van der Waals surface area contributed by atoms with Gasteiger partial charge in [0.1, 0.15) is 0 Å². The monoisotopic (exact) mass is 446 g/mol. The highest BCUT2D eigenvalue weighted by atomic mass is 28.4. The van der Waals surface area contributed by atoms with Crippen LogP contribution in [0.15, 0.2) is 42.5 Å². The first-order valence-corrected chi connectivity index (χ1v) is 14.5. The molecule has 0 aromatic heterocycles. The molecule has 2 rings (SSSR count). The molecule has 0 bridgehead atoms. The molecule has 1 unspecified atom stereocenters. The van der Waals surface area contributed by atoms with E-state index in [9.17, 15) is 4.79 Å². The van der Waals surface area contributed by atoms with E-state index in [1.165, 1.54) is 12.7 Å². The summed E-state index contributed by atoms with van der Waals surface area (Å²) in [6.07, 6.45) is 7.99. The Morgan fingerprint density at radius 3 is 2.45 bits per heavy atom. The van der Waals surface area contributed by atoms with Gasteiger partial charge in [-0.2, -0.15) is 0 Å². The van der Waals surface area contributed by atoms with E-state index in [0.717, 1.165) is 32.3 Å². The van der Waals surface area contributed by atoms with Gasteiger partial charge in [-0.25, -0.2) is 0 Å². The zero-order valence-electron chi connectivity index (χ0n) is 20.6. The number of carbonyl (C=O) groups is 1. The van der Waals surface area contributed by atoms with E-state index in [2.05, 4.69) is 59.0 Å². The van der Waals surface area contributed by atoms with E-state index in [4.69, 9.17) is 13.9 Å². The number of benzene rings is 1. The molecule has 0 aliphatic heterocycles. The third-order valence-corrected chi connectivity index (χ3v) is 11.5. The lowest BCUT2D eigenvalue weighted by molar-refractivity contribution is -0.144. The first-order chi connectivity index (χ1) is 14.5. The Labute approximate surface area is 190 Å². The van der Waals surface area contributed by atoms with Gasteiger partial charge in [0.2, 0.25) is 0 Å². The Morgan fingerprint density at radius 2 is 1.90 bits per heavy atom. The quantitative estimate of drug-likeness (QED) is 0.178. The van der Waals surface area contributed by atoms with Gasteiger partial charge in [-0.15, -0.1) is 0 Å². The Balaban J connectivity index is 2.03. The number of carbonyl (C=O) groups excluding carboxylic acids is 1. The summed E-state index contributed by atoms with van der Waals surface area (Å²) in [5.41, 5.74) is 1.12. The molecule has 0 spiro atoms. The number of ether oxygens (including phenoxy) is 2. The fraction of sp³-hybridized carbons (Fsp3) is 0.654. The van der Waals surface area contributed by atoms with Gasteiger partial charge in [0.05, 0.1) is 25.7 Å². The largest absolute Gasteiger partial charge is 0.469 e. The van der Waals surface area contributed by atoms with Gasteiger partial charge in [-0.1, -0.05) is 70.2 Å². The molecule has 4 nitrogen and oxygen atoms in total. The van der Waals surface area contributed by atoms with Crippen molar-refractivity contribution in [3.05, 3.63) is 48.0 Å². The topological polar surface area (TPSA) is 44.8 Å². The van der Waals surface area contributed by atoms with Crippen LogP contribution in [0.1, 0.15) is 58.9 Å². The molecule has 0 saturated heterocycles. The molecule has 3 atom stereocenters. The maximum Gasteiger partial charge on any atom is 0.312 e. The zero-order chi connectivity index (χ0) is 23.1. The van der Waals surface area contributed by atoms with Crippen molar-refractivity contribution in [3.8, 4) is 0 Å². The minimum absolute atomic E-state index is 0.0839. The second-order valence-electron chi connectivity index (χ2n) is 10.6. The van der Waals surface area contributed by atoms with Crippen LogP contribution >= 0.6 is 0 Å². The van der Waals surface area contributed by atoms with Crippen LogP contribution in [-0.2, 0) is 25.3 Å². The molecule has 1 aliphatic rings. The molecule has 1 aliphatic carbocycles. The molecule has 0 amide bonds. The maximum atomic E-state index is 12.0. The van der Waals surface area contributed by atoms with Crippen molar-refractivity contribution in [1.82, 2.24) is 0 Å². The molecule has 1 aromatic carbocycles. The van der Waals surface area contributed by atoms with Gasteiger partial charge in [0.15, 0.2) is 8.32 Å². The first-order valence-electron chi connectivity index (χ1n) is 11.6. The molecule has 174 valence electrons. The summed E-state index contributed by atoms with van der Waals surface area (Å²) >= 11 is 0. The first kappa shape index (κ1) is 25.8. The molecular weight excluding hydrogens is 404 g/mol. The average Bonchev–Trinajstić information content (AvgIpc) is 2.72. The Morgan fingerprint density at radius 1 is 1.23 bits per heavy atom. The number of hydrogen-bond acceptors (Lipinski definition) is 4. The summed E-state index contributed by atoms with van der Waals surface area (Å²) in [5, 5.41) is 0.151. The van der Waals surface area contributed by atoms with Crippen molar-refractivity contribution in [3.63, 3.8) is 0 Å². The van der Waals surface area contributed by atoms with Crippen LogP contribution in [0.4, 0.5) is 0 Å². The summed E-state index contributed by atoms with van der Waals surface area (Å²) < 4.78 is 17.8. The van der Waals surface area contributed by atoms with Crippen LogP contribution in [0.2, 0.25) is 18.1 Å². The van der Waals surface area contributed by atoms with E-state index >= 15 is 0 Å². The highest BCUT2D eigenvalue weighted by Crippen LogP contribution is 2.44. The standard InChI is InChI=1S/C26H42O4Si/c1-25(2,3)31(6,7)30-23(14-11-19-29-20-21-12-9-8-10-13-21)26(4)17-15-22(16-18-26)24(27)28-5/h8-10,12-13,15,17,22-23H,11,14,16,18-20H2,1-7H3/t22-,23?,26+/m0/s1. The lowest BCUT2D eigenvalue weighted by Gasteiger charge is -2.46. The Bertz CT molecular complexity index is 723. The van der Waals surface area contributed by atoms with E-state index in [0.29, 0.717) is 6.61 Å². The average molecular weight is 447 g/mol. The minimum atomic E-state index is -1.93. The highest BCUT2D eigenvalue weighted by Gasteiger charge is 2.44. The molecule has 1 aromatic rings. The lowest BCUT2D eigenvalue weighted by Crippen LogP contribution is -2.49. The van der Waals surface area contributed by atoms with Crippen LogP contribution in [-0.4, -0.2) is 34.1 Å². The van der Waals surface area contributed by atoms with E-state index in [1.54, 1.807) is 0 Å². The van der Waals surface area contributed by atoms with Crippen molar-refractivity contribution >= 4 is 14.3 Å². The molecule has 31 heavy (non-hydrogen) atoms. The fourth-order valence-corrected chi connectivity index (χ4v) is 5.24. The van der Waals surface area contributed by atoms with Gasteiger partial charge in [-0.3, -0.25) is 4.79 Å². The lowest BCUT2D eigenvalue weighted by atomic mass is 9.72. The molecule has 0 radical (unpaired) electrons. The number of methoxy groups -OCH3 is 1. The molecule has 5 heteroatoms. The van der Waals surface area contributed by atoms with E-state index in [1.807, 2.05) is 24.3 Å². The van der Waals surface area contributed by atoms with Crippen LogP contribution in [0, 0.1) is 11.3 Å². The number of hydrogen-bond donors (Lipinski definition) is 0. The molecular formula is C26H42O4Si. The van der Waals surface area contributed by atoms with Crippen molar-refractivity contribution < 1.29 is 18.7 Å². The van der Waals surface area contributed by atoms with Gasteiger partial charge in [0.25, 0.3) is 0 Å². The summed E-state index contributed by atoms with van der Waals surface area (Å²) in [7, 11) is -0.471. The highest BCUT2D eigenvalue weighted by molar-refractivity contribution is 6.74. The second-order valence-corrected chi connectivity index (χ2v) is 15.3. The normalized spacial score (nSPS) is 22.9. The summed E-state index contributed by atoms with van der Waals surface area (Å²) in [6, 6.07) is 10.3. The van der Waals surface area contributed by atoms with Gasteiger partial charge >= 0.3 is 5.97 Å². The Kier molecular flexibility index (Phi) is 9.11. The fourth-order valence-electron chi connectivity index (χ4n) is 3.79. The van der Waals surface area contributed by atoms with Crippen LogP contribution < -0.4 is 0 Å². The number of esters is 1. The second kappa shape index (κ2) is 10.9. The van der Waals surface area contributed by atoms with Crippen LogP contribution in [0.25, 0.3) is 0 Å². The third-order valence-electron chi connectivity index (χ3n) is 7.05. The smallest absolute Gasteiger partial charge is 0.312 e. The summed E-state index contributed by atoms with van der Waals surface area (Å²) in [6.45, 7) is 15.1. The van der Waals surface area contributed by atoms with Gasteiger partial charge in [0, 0.05) is 12.0 Å². The molecule has 0 saturated carbocycles. The SMILES string of the molecule is COC(=O)[C@H]1C=C[C@@](C)(C(CCCOCc2ccccc2)O[Si](C)(C)C(C)(C)C)CC1. The maximum absolute atomic E-state index is 12.0. The zero-order valence-corrected chi connectivity index (χ0v) is 21.6. The molecule has 0 fully saturated rings. The van der Waals surface area contributed by atoms with Crippen molar-refractivity contribution in [2.24, 2.45) is 11.3 Å². The van der Waals surface area contributed by atoms with Crippen molar-refractivity contribution in [1.29, 1.82) is 0 Å². The summed E-state index contributed by atoms with van der Waals surface area (Å²) in [4.78, 5) is 12.0. The minimum Gasteiger partial charge on any atom is -0.469 e. The molecule has 0 heterocycles. The third kappa shape index (κ3) is 7.30. The van der Waals surface area contributed by atoms with E-state index in [-0.39, 0.29) is 28.4 Å². The van der Waals surface area contributed by atoms with Crippen molar-refractivity contribution in [2.75, 3.05) is 13.7 Å². The predicted molar refractivity (Wildman–Crippen MR) is 129 cm³/mol. The predicted octanol–water partition coefficient (Wildman–Crippen LogP) is 6.52. The van der Waals surface area contributed by atoms with Gasteiger partial charge in [-0.05, 0) is 49.4 Å². The van der Waals surface area contributed by atoms with Crippen molar-refractivity contribution in [2.45, 2.75) is 84.2 Å². The molecule has 0 N–H and O–H groups in total. The Hall–Kier alpha value is -1.43. The summed E-state index contributed by atoms with van der Waals surface area (Å²) in [5.74, 6) is -0.282. The van der Waals surface area contributed by atoms with Crippen LogP contribution in [0.3, 0.4) is 0 Å².